The van der Waals surface area contributed by atoms with Gasteiger partial charge in [-0.1, -0.05) is 0 Å². The molecule has 22 heavy (non-hydrogen) atoms. The van der Waals surface area contributed by atoms with Gasteiger partial charge in [0.2, 0.25) is 11.4 Å². The Morgan fingerprint density at radius 2 is 1.86 bits per heavy atom. The fourth-order valence-corrected chi connectivity index (χ4v) is 2.98. The summed E-state index contributed by atoms with van der Waals surface area (Å²) in [5, 5.41) is 2.19. The van der Waals surface area contributed by atoms with Gasteiger partial charge in [-0.3, -0.25) is 0 Å². The van der Waals surface area contributed by atoms with Gasteiger partial charge < -0.3 is 4.42 Å². The van der Waals surface area contributed by atoms with Crippen LogP contribution in [-0.2, 0) is 7.05 Å². The number of fused-ring (bicyclic) bond motifs is 3. The van der Waals surface area contributed by atoms with Crippen LogP contribution in [0, 0.1) is 13.8 Å². The highest BCUT2D eigenvalue weighted by molar-refractivity contribution is 6.05. The van der Waals surface area contributed by atoms with Crippen LogP contribution in [0.25, 0.3) is 33.3 Å². The summed E-state index contributed by atoms with van der Waals surface area (Å²) in [4.78, 5) is 4.49. The lowest BCUT2D eigenvalue weighted by molar-refractivity contribution is -0.660. The Hall–Kier alpha value is -2.68. The molecule has 3 nitrogen and oxygen atoms in total. The fraction of sp³-hybridized carbons (Fsp3) is 0.158. The van der Waals surface area contributed by atoms with Gasteiger partial charge in [-0.05, 0) is 49.7 Å². The second-order valence-electron chi connectivity index (χ2n) is 5.77. The molecule has 0 radical (unpaired) electrons. The van der Waals surface area contributed by atoms with Crippen molar-refractivity contribution in [3.8, 4) is 11.3 Å². The second kappa shape index (κ2) is 4.67. The zero-order valence-corrected chi connectivity index (χ0v) is 12.9. The molecule has 0 spiro atoms. The summed E-state index contributed by atoms with van der Waals surface area (Å²) in [6, 6.07) is 14.7. The largest absolute Gasteiger partial charge is 0.438 e. The molecule has 0 fully saturated rings. The topological polar surface area (TPSA) is 29.9 Å². The monoisotopic (exact) mass is 289 g/mol. The van der Waals surface area contributed by atoms with Crippen LogP contribution in [-0.4, -0.2) is 4.98 Å². The third-order valence-corrected chi connectivity index (χ3v) is 4.15. The van der Waals surface area contributed by atoms with Crippen LogP contribution < -0.4 is 4.57 Å². The van der Waals surface area contributed by atoms with Crippen LogP contribution >= 0.6 is 0 Å². The molecule has 3 heteroatoms. The van der Waals surface area contributed by atoms with E-state index in [-0.39, 0.29) is 0 Å². The first-order valence-electron chi connectivity index (χ1n) is 7.39. The third kappa shape index (κ3) is 1.90. The van der Waals surface area contributed by atoms with Gasteiger partial charge in [0.1, 0.15) is 12.6 Å². The van der Waals surface area contributed by atoms with Crippen LogP contribution in [0.1, 0.15) is 11.3 Å². The number of nitrogens with zero attached hydrogens (tertiary/aromatic N) is 2. The summed E-state index contributed by atoms with van der Waals surface area (Å²) in [6.45, 7) is 4.10. The molecule has 0 saturated heterocycles. The van der Waals surface area contributed by atoms with Crippen molar-refractivity contribution in [1.29, 1.82) is 0 Å². The van der Waals surface area contributed by atoms with Crippen LogP contribution in [0.3, 0.4) is 0 Å². The van der Waals surface area contributed by atoms with E-state index < -0.39 is 0 Å². The number of aryl methyl sites for hydroxylation is 3. The molecule has 0 atom stereocenters. The summed E-state index contributed by atoms with van der Waals surface area (Å²) in [6.07, 6.45) is 2.07. The predicted octanol–water partition coefficient (Wildman–Crippen LogP) is 4.09. The number of hydrogen-bond donors (Lipinski definition) is 0. The van der Waals surface area contributed by atoms with Gasteiger partial charge in [0.15, 0.2) is 6.20 Å². The average molecular weight is 289 g/mol. The highest BCUT2D eigenvalue weighted by Gasteiger charge is 2.16. The minimum Gasteiger partial charge on any atom is -0.438 e. The van der Waals surface area contributed by atoms with Gasteiger partial charge in [0, 0.05) is 34.2 Å². The lowest BCUT2D eigenvalue weighted by Crippen LogP contribution is -2.30. The van der Waals surface area contributed by atoms with Crippen LogP contribution in [0.15, 0.2) is 53.1 Å². The van der Waals surface area contributed by atoms with Crippen LogP contribution in [0.2, 0.25) is 0 Å². The molecule has 0 unspecified atom stereocenters. The van der Waals surface area contributed by atoms with Gasteiger partial charge in [0.05, 0.1) is 0 Å². The lowest BCUT2D eigenvalue weighted by atomic mass is 10.0. The van der Waals surface area contributed by atoms with Gasteiger partial charge in [-0.2, -0.15) is 0 Å². The Morgan fingerprint density at radius 1 is 1.00 bits per heavy atom. The summed E-state index contributed by atoms with van der Waals surface area (Å²) >= 11 is 0. The molecular formula is C19H17N2O+. The molecule has 3 heterocycles. The third-order valence-electron chi connectivity index (χ3n) is 4.15. The molecule has 0 N–H and O–H groups in total. The highest BCUT2D eigenvalue weighted by atomic mass is 16.3. The maximum Gasteiger partial charge on any atom is 0.227 e. The maximum atomic E-state index is 5.92. The van der Waals surface area contributed by atoms with E-state index in [1.54, 1.807) is 0 Å². The van der Waals surface area contributed by atoms with Crippen molar-refractivity contribution >= 4 is 22.1 Å². The number of rotatable bonds is 1. The van der Waals surface area contributed by atoms with Gasteiger partial charge in [0.25, 0.3) is 0 Å². The number of furan rings is 1. The summed E-state index contributed by atoms with van der Waals surface area (Å²) in [5.41, 5.74) is 6.19. The molecule has 4 aromatic rings. The normalized spacial score (nSPS) is 11.4. The van der Waals surface area contributed by atoms with Crippen LogP contribution in [0.5, 0.6) is 0 Å². The molecule has 3 aromatic heterocycles. The Bertz CT molecular complexity index is 1010. The van der Waals surface area contributed by atoms with E-state index in [9.17, 15) is 0 Å². The Morgan fingerprint density at radius 3 is 2.68 bits per heavy atom. The number of pyridine rings is 2. The average Bonchev–Trinajstić information content (AvgIpc) is 2.83. The molecule has 4 rings (SSSR count). The van der Waals surface area contributed by atoms with Gasteiger partial charge in [-0.25, -0.2) is 9.55 Å². The molecule has 0 aliphatic heterocycles. The zero-order valence-electron chi connectivity index (χ0n) is 12.9. The van der Waals surface area contributed by atoms with E-state index in [2.05, 4.69) is 60.1 Å². The van der Waals surface area contributed by atoms with Crippen LogP contribution in [0.4, 0.5) is 0 Å². The Kier molecular flexibility index (Phi) is 2.76. The van der Waals surface area contributed by atoms with Crippen molar-refractivity contribution in [1.82, 2.24) is 4.98 Å². The minimum atomic E-state index is 0.712. The van der Waals surface area contributed by atoms with E-state index in [4.69, 9.17) is 4.42 Å². The molecule has 1 aromatic carbocycles. The van der Waals surface area contributed by atoms with E-state index in [1.807, 2.05) is 19.1 Å². The van der Waals surface area contributed by atoms with E-state index in [0.717, 1.165) is 22.0 Å². The van der Waals surface area contributed by atoms with Crippen molar-refractivity contribution in [3.63, 3.8) is 0 Å². The van der Waals surface area contributed by atoms with Crippen molar-refractivity contribution in [2.24, 2.45) is 7.05 Å². The van der Waals surface area contributed by atoms with E-state index in [1.165, 1.54) is 16.8 Å². The zero-order chi connectivity index (χ0) is 15.3. The van der Waals surface area contributed by atoms with Crippen molar-refractivity contribution in [2.45, 2.75) is 13.8 Å². The first-order chi connectivity index (χ1) is 10.6. The molecule has 0 saturated carbocycles. The quantitative estimate of drug-likeness (QED) is 0.494. The highest BCUT2D eigenvalue weighted by Crippen LogP contribution is 2.33. The Labute approximate surface area is 128 Å². The first-order valence-corrected chi connectivity index (χ1v) is 7.39. The van der Waals surface area contributed by atoms with E-state index >= 15 is 0 Å². The summed E-state index contributed by atoms with van der Waals surface area (Å²) in [5.74, 6) is 0. The SMILES string of the molecule is Cc1ccc2c(n1)oc1cc(C)c(-c3cccc[n+]3C)cc12. The molecule has 0 aliphatic rings. The number of aromatic nitrogens is 2. The Balaban J connectivity index is 2.07. The van der Waals surface area contributed by atoms with Crippen molar-refractivity contribution < 1.29 is 8.98 Å². The molecule has 0 amide bonds. The number of benzene rings is 1. The molecular weight excluding hydrogens is 272 g/mol. The lowest BCUT2D eigenvalue weighted by Gasteiger charge is -2.04. The molecule has 0 bridgehead atoms. The van der Waals surface area contributed by atoms with Crippen molar-refractivity contribution in [3.05, 3.63) is 59.9 Å². The minimum absolute atomic E-state index is 0.712. The predicted molar refractivity (Wildman–Crippen MR) is 87.6 cm³/mol. The number of hydrogen-bond acceptors (Lipinski definition) is 2. The van der Waals surface area contributed by atoms with Crippen molar-refractivity contribution in [2.75, 3.05) is 0 Å². The standard InChI is InChI=1S/C19H17N2O/c1-12-10-18-16(14-8-7-13(2)20-19(14)22-18)11-15(12)17-6-4-5-9-21(17)3/h4-11H,1-3H3/q+1. The fourth-order valence-electron chi connectivity index (χ4n) is 2.98. The maximum absolute atomic E-state index is 5.92. The first kappa shape index (κ1) is 13.0. The molecule has 0 aliphatic carbocycles. The summed E-state index contributed by atoms with van der Waals surface area (Å²) < 4.78 is 8.06. The second-order valence-corrected chi connectivity index (χ2v) is 5.77. The van der Waals surface area contributed by atoms with E-state index in [0.29, 0.717) is 5.71 Å². The van der Waals surface area contributed by atoms with Gasteiger partial charge in [-0.15, -0.1) is 0 Å². The smallest absolute Gasteiger partial charge is 0.227 e. The van der Waals surface area contributed by atoms with Gasteiger partial charge >= 0.3 is 0 Å². The molecule has 108 valence electrons. The summed E-state index contributed by atoms with van der Waals surface area (Å²) in [7, 11) is 2.07.